The van der Waals surface area contributed by atoms with Crippen LogP contribution in [0.3, 0.4) is 0 Å². The van der Waals surface area contributed by atoms with Crippen molar-refractivity contribution in [1.82, 2.24) is 0 Å². The third-order valence-corrected chi connectivity index (χ3v) is 3.98. The van der Waals surface area contributed by atoms with E-state index in [1.165, 1.54) is 22.3 Å². The quantitative estimate of drug-likeness (QED) is 0.193. The molecule has 0 saturated heterocycles. The second-order valence-corrected chi connectivity index (χ2v) is 8.60. The van der Waals surface area contributed by atoms with Gasteiger partial charge in [-0.1, -0.05) is 40.5 Å². The molecule has 184 valence electrons. The number of allylic oxidation sites excluding steroid dienone is 8. The Morgan fingerprint density at radius 3 is 1.06 bits per heavy atom. The van der Waals surface area contributed by atoms with Gasteiger partial charge in [-0.2, -0.15) is 45.9 Å². The minimum absolute atomic E-state index is 0. The van der Waals surface area contributed by atoms with Crippen molar-refractivity contribution in [3.05, 3.63) is 46.6 Å². The van der Waals surface area contributed by atoms with Crippen molar-refractivity contribution >= 4 is 20.2 Å². The first-order valence-corrected chi connectivity index (χ1v) is 10.5. The fraction of sp³-hybridized carbons (Fsp3) is 0.500. The Bertz CT molecular complexity index is 842. The van der Waals surface area contributed by atoms with E-state index in [0.717, 1.165) is 12.8 Å². The molecule has 2 aliphatic carbocycles. The molecule has 0 unspecified atom stereocenters. The third-order valence-electron chi connectivity index (χ3n) is 2.83. The molecule has 0 radical (unpaired) electrons. The van der Waals surface area contributed by atoms with Gasteiger partial charge < -0.3 is 17.0 Å². The smallest absolute Gasteiger partial charge is 1.00 e. The number of hydrogen-bond donors (Lipinski definition) is 1. The Kier molecular flexibility index (Phi) is 18.7. The topological polar surface area (TPSA) is 112 Å². The van der Waals surface area contributed by atoms with Gasteiger partial charge in [0.2, 0.25) is 0 Å². The molecule has 32 heavy (non-hydrogen) atoms. The second-order valence-electron chi connectivity index (χ2n) is 5.81. The molecular weight excluding hydrogens is 593 g/mol. The van der Waals surface area contributed by atoms with Crippen LogP contribution in [0.5, 0.6) is 0 Å². The summed E-state index contributed by atoms with van der Waals surface area (Å²) >= 11 is 0. The van der Waals surface area contributed by atoms with Gasteiger partial charge in [-0.05, 0) is 0 Å². The van der Waals surface area contributed by atoms with Gasteiger partial charge in [0.15, 0.2) is 10.1 Å². The van der Waals surface area contributed by atoms with Crippen LogP contribution in [0.4, 0.5) is 26.3 Å². The molecule has 0 atom stereocenters. The van der Waals surface area contributed by atoms with E-state index >= 15 is 0 Å². The van der Waals surface area contributed by atoms with Crippen molar-refractivity contribution in [1.29, 1.82) is 0 Å². The fourth-order valence-corrected chi connectivity index (χ4v) is 1.49. The maximum absolute atomic E-state index is 10.7. The molecule has 2 aliphatic rings. The van der Waals surface area contributed by atoms with Gasteiger partial charge >= 0.3 is 47.3 Å². The summed E-state index contributed by atoms with van der Waals surface area (Å²) in [5.74, 6) is 0. The number of alkyl halides is 6. The van der Waals surface area contributed by atoms with Gasteiger partial charge in [0.1, 0.15) is 0 Å². The Morgan fingerprint density at radius 1 is 0.812 bits per heavy atom. The Morgan fingerprint density at radius 2 is 1.03 bits per heavy atom. The summed E-state index contributed by atoms with van der Waals surface area (Å²) in [6.07, 6.45) is 13.0. The third kappa shape index (κ3) is 19.0. The molecule has 0 aromatic carbocycles. The first kappa shape index (κ1) is 38.8. The molecule has 6 nitrogen and oxygen atoms in total. The summed E-state index contributed by atoms with van der Waals surface area (Å²) in [5, 5.41) is 0. The second kappa shape index (κ2) is 15.4. The molecule has 0 bridgehead atoms. The Labute approximate surface area is 208 Å². The van der Waals surface area contributed by atoms with Gasteiger partial charge in [-0.15, -0.1) is 0 Å². The van der Waals surface area contributed by atoms with Gasteiger partial charge in [0, 0.05) is 0 Å². The van der Waals surface area contributed by atoms with Crippen LogP contribution >= 0.6 is 0 Å². The molecule has 0 amide bonds. The van der Waals surface area contributed by atoms with Crippen molar-refractivity contribution in [2.45, 2.75) is 51.6 Å². The zero-order valence-electron chi connectivity index (χ0n) is 17.0. The first-order valence-electron chi connectivity index (χ1n) is 7.66. The molecule has 0 heterocycles. The van der Waals surface area contributed by atoms with E-state index in [9.17, 15) is 26.3 Å². The van der Waals surface area contributed by atoms with Crippen LogP contribution in [0.15, 0.2) is 34.4 Å². The van der Waals surface area contributed by atoms with E-state index in [0.29, 0.717) is 0 Å². The molecule has 0 aromatic heterocycles. The van der Waals surface area contributed by atoms with E-state index in [1.54, 1.807) is 0 Å². The summed E-state index contributed by atoms with van der Waals surface area (Å²) in [5.41, 5.74) is -5.88. The summed E-state index contributed by atoms with van der Waals surface area (Å²) in [7, 11) is -11.9. The summed E-state index contributed by atoms with van der Waals surface area (Å²) < 4.78 is 116. The maximum Gasteiger partial charge on any atom is 4.00 e. The van der Waals surface area contributed by atoms with E-state index in [1.807, 2.05) is 0 Å². The van der Waals surface area contributed by atoms with Crippen LogP contribution in [-0.2, 0) is 46.4 Å². The van der Waals surface area contributed by atoms with Crippen molar-refractivity contribution in [2.75, 3.05) is 0 Å². The predicted octanol–water partition coefficient (Wildman–Crippen LogP) is 1.62. The molecule has 0 saturated carbocycles. The van der Waals surface area contributed by atoms with Gasteiger partial charge in [0.05, 0.1) is 0 Å². The van der Waals surface area contributed by atoms with E-state index in [2.05, 4.69) is 52.0 Å². The van der Waals surface area contributed by atoms with Crippen LogP contribution in [0.25, 0.3) is 0 Å². The van der Waals surface area contributed by atoms with Crippen LogP contribution in [0.1, 0.15) is 40.5 Å². The van der Waals surface area contributed by atoms with Crippen LogP contribution in [-0.4, -0.2) is 37.0 Å². The van der Waals surface area contributed by atoms with E-state index in [4.69, 9.17) is 25.9 Å². The van der Waals surface area contributed by atoms with Crippen LogP contribution in [0.2, 0.25) is 0 Å². The van der Waals surface area contributed by atoms with Crippen LogP contribution < -0.4 is 12.4 Å². The summed E-state index contributed by atoms with van der Waals surface area (Å²) in [6.45, 7) is 8.37. The van der Waals surface area contributed by atoms with Gasteiger partial charge in [-0.3, -0.25) is 16.7 Å². The molecule has 0 aliphatic heterocycles. The number of halogens is 7. The van der Waals surface area contributed by atoms with E-state index < -0.39 is 31.3 Å². The van der Waals surface area contributed by atoms with Gasteiger partial charge in [0.25, 0.3) is 0 Å². The first-order chi connectivity index (χ1) is 13.1. The predicted molar refractivity (Wildman–Crippen MR) is 95.0 cm³/mol. The molecular formula is C16H19ClF6O6S2Zr. The van der Waals surface area contributed by atoms with Crippen molar-refractivity contribution < 1.29 is 90.9 Å². The SMILES string of the molecule is CC1=[C-]C(C)=CC1.CC1=[C-]C(C)=CC1.O=S(=O)(O)C(F)(F)F.O=S(=O)([O-])C(F)(F)F.[Cl-].[Zr+4]. The standard InChI is InChI=1S/2C7H9.2CHF3O3S.ClH.Zr/c2*1-6-3-4-7(2)5-6;2*2-1(3,4)8(5,6)7;;/h2*3H,4H2,1-2H3;2*(H,5,6,7);1H;/q2*-1;;;;+4/p-2. The molecule has 0 fully saturated rings. The maximum atomic E-state index is 10.7. The van der Waals surface area contributed by atoms with Crippen molar-refractivity contribution in [3.63, 3.8) is 0 Å². The molecule has 0 aromatic rings. The fourth-order valence-electron chi connectivity index (χ4n) is 1.49. The largest absolute Gasteiger partial charge is 4.00 e. The number of hydrogen-bond acceptors (Lipinski definition) is 5. The van der Waals surface area contributed by atoms with Crippen molar-refractivity contribution in [3.8, 4) is 0 Å². The zero-order valence-corrected chi connectivity index (χ0v) is 21.9. The summed E-state index contributed by atoms with van der Waals surface area (Å²) in [6, 6.07) is 0. The average molecular weight is 612 g/mol. The molecule has 16 heteroatoms. The zero-order chi connectivity index (χ0) is 24.6. The molecule has 2 rings (SSSR count). The minimum atomic E-state index is -6.09. The number of rotatable bonds is 0. The van der Waals surface area contributed by atoms with Gasteiger partial charge in [-0.25, -0.2) is 31.7 Å². The van der Waals surface area contributed by atoms with E-state index in [-0.39, 0.29) is 38.6 Å². The molecule has 0 spiro atoms. The van der Waals surface area contributed by atoms with Crippen LogP contribution in [0, 0.1) is 12.2 Å². The monoisotopic (exact) mass is 610 g/mol. The minimum Gasteiger partial charge on any atom is -1.00 e. The van der Waals surface area contributed by atoms with Crippen molar-refractivity contribution in [2.24, 2.45) is 0 Å². The molecule has 1 N–H and O–H groups in total. The normalized spacial score (nSPS) is 15.4. The summed E-state index contributed by atoms with van der Waals surface area (Å²) in [4.78, 5) is 0. The Hall–Kier alpha value is -0.467. The average Bonchev–Trinajstić information content (AvgIpc) is 3.04. The Balaban J connectivity index is -0.000000160.